The van der Waals surface area contributed by atoms with Gasteiger partial charge < -0.3 is 10.3 Å². The summed E-state index contributed by atoms with van der Waals surface area (Å²) in [5.74, 6) is 0.604. The van der Waals surface area contributed by atoms with Crippen molar-refractivity contribution in [1.82, 2.24) is 19.9 Å². The van der Waals surface area contributed by atoms with Crippen LogP contribution in [0.1, 0.15) is 46.6 Å². The largest absolute Gasteiger partial charge is 0.417 e. The Bertz CT molecular complexity index is 1350. The van der Waals surface area contributed by atoms with Crippen molar-refractivity contribution in [2.45, 2.75) is 30.9 Å². The first-order chi connectivity index (χ1) is 15.7. The minimum Gasteiger partial charge on any atom is -0.340 e. The molecule has 4 aromatic rings. The van der Waals surface area contributed by atoms with E-state index in [2.05, 4.69) is 25.3 Å². The fourth-order valence-corrected chi connectivity index (χ4v) is 4.23. The molecule has 3 heterocycles. The Kier molecular flexibility index (Phi) is 5.08. The zero-order chi connectivity index (χ0) is 23.2. The fourth-order valence-electron chi connectivity index (χ4n) is 4.04. The first-order valence-electron chi connectivity index (χ1n) is 10.2. The molecule has 1 aliphatic rings. The van der Waals surface area contributed by atoms with Gasteiger partial charge in [-0.25, -0.2) is 15.0 Å². The minimum atomic E-state index is -4.48. The fraction of sp³-hybridized carbons (Fsp3) is 0.217. The van der Waals surface area contributed by atoms with Crippen LogP contribution >= 0.6 is 11.6 Å². The zero-order valence-corrected chi connectivity index (χ0v) is 17.8. The van der Waals surface area contributed by atoms with Gasteiger partial charge in [0.25, 0.3) is 5.91 Å². The van der Waals surface area contributed by atoms with Crippen molar-refractivity contribution in [2.75, 3.05) is 5.32 Å². The molecule has 0 unspecified atom stereocenters. The van der Waals surface area contributed by atoms with E-state index in [1.54, 1.807) is 36.5 Å². The average molecular weight is 472 g/mol. The van der Waals surface area contributed by atoms with Crippen molar-refractivity contribution >= 4 is 34.5 Å². The molecule has 1 saturated carbocycles. The Morgan fingerprint density at radius 1 is 1.09 bits per heavy atom. The number of aromatic amines is 1. The number of aromatic nitrogens is 4. The van der Waals surface area contributed by atoms with E-state index in [0.29, 0.717) is 22.2 Å². The van der Waals surface area contributed by atoms with Crippen molar-refractivity contribution < 1.29 is 18.0 Å². The third-order valence-electron chi connectivity index (χ3n) is 5.97. The molecule has 168 valence electrons. The van der Waals surface area contributed by atoms with Gasteiger partial charge in [-0.15, -0.1) is 0 Å². The smallest absolute Gasteiger partial charge is 0.340 e. The maximum Gasteiger partial charge on any atom is 0.417 e. The number of rotatable bonds is 4. The Balaban J connectivity index is 1.41. The van der Waals surface area contributed by atoms with Crippen molar-refractivity contribution in [3.63, 3.8) is 0 Å². The summed E-state index contributed by atoms with van der Waals surface area (Å²) in [6.45, 7) is 0. The number of carbonyl (C=O) groups is 1. The maximum atomic E-state index is 13.0. The number of nitrogens with zero attached hydrogens (tertiary/aromatic N) is 3. The second-order valence-electron chi connectivity index (χ2n) is 8.01. The number of pyridine rings is 2. The molecule has 0 atom stereocenters. The van der Waals surface area contributed by atoms with E-state index in [9.17, 15) is 18.0 Å². The molecule has 1 aliphatic carbocycles. The van der Waals surface area contributed by atoms with Crippen LogP contribution < -0.4 is 5.32 Å². The summed E-state index contributed by atoms with van der Waals surface area (Å²) in [6.07, 6.45) is 0.471. The SMILES string of the molecule is O=C(Nc1ccc(C2(c3nc4ncc(C(F)(F)F)cc4[nH]3)CCC2)cn1)c1cccc(Cl)c1. The van der Waals surface area contributed by atoms with E-state index in [1.165, 1.54) is 0 Å². The predicted molar refractivity (Wildman–Crippen MR) is 117 cm³/mol. The molecule has 0 aliphatic heterocycles. The molecule has 0 radical (unpaired) electrons. The number of hydrogen-bond donors (Lipinski definition) is 2. The van der Waals surface area contributed by atoms with Crippen LogP contribution in [0.5, 0.6) is 0 Å². The van der Waals surface area contributed by atoms with Gasteiger partial charge in [0.1, 0.15) is 11.6 Å². The number of hydrogen-bond acceptors (Lipinski definition) is 4. The number of anilines is 1. The van der Waals surface area contributed by atoms with E-state index >= 15 is 0 Å². The van der Waals surface area contributed by atoms with E-state index in [1.807, 2.05) is 6.07 Å². The van der Waals surface area contributed by atoms with E-state index in [-0.39, 0.29) is 17.1 Å². The van der Waals surface area contributed by atoms with Crippen LogP contribution in [0, 0.1) is 0 Å². The van der Waals surface area contributed by atoms with Gasteiger partial charge in [-0.3, -0.25) is 4.79 Å². The summed E-state index contributed by atoms with van der Waals surface area (Å²) in [6, 6.07) is 11.2. The topological polar surface area (TPSA) is 83.6 Å². The van der Waals surface area contributed by atoms with Crippen LogP contribution in [-0.4, -0.2) is 25.8 Å². The van der Waals surface area contributed by atoms with E-state index in [4.69, 9.17) is 11.6 Å². The van der Waals surface area contributed by atoms with E-state index in [0.717, 1.165) is 37.1 Å². The van der Waals surface area contributed by atoms with Crippen LogP contribution in [-0.2, 0) is 11.6 Å². The highest BCUT2D eigenvalue weighted by Crippen LogP contribution is 2.48. The second-order valence-corrected chi connectivity index (χ2v) is 8.45. The highest BCUT2D eigenvalue weighted by atomic mass is 35.5. The molecule has 3 aromatic heterocycles. The summed E-state index contributed by atoms with van der Waals surface area (Å²) in [5, 5.41) is 3.19. The predicted octanol–water partition coefficient (Wildman–Crippen LogP) is 5.75. The summed E-state index contributed by atoms with van der Waals surface area (Å²) < 4.78 is 39.1. The molecule has 5 rings (SSSR count). The number of alkyl halides is 3. The average Bonchev–Trinajstić information content (AvgIpc) is 3.17. The molecule has 2 N–H and O–H groups in total. The van der Waals surface area contributed by atoms with Crippen molar-refractivity contribution in [2.24, 2.45) is 0 Å². The summed E-state index contributed by atoms with van der Waals surface area (Å²) in [4.78, 5) is 28.2. The van der Waals surface area contributed by atoms with E-state index < -0.39 is 17.2 Å². The first kappa shape index (κ1) is 21.4. The molecular formula is C23H17ClF3N5O. The molecule has 10 heteroatoms. The summed E-state index contributed by atoms with van der Waals surface area (Å²) >= 11 is 5.94. The third-order valence-corrected chi connectivity index (χ3v) is 6.20. The monoisotopic (exact) mass is 471 g/mol. The number of halogens is 4. The van der Waals surface area contributed by atoms with Gasteiger partial charge in [0, 0.05) is 23.0 Å². The van der Waals surface area contributed by atoms with Crippen molar-refractivity contribution in [1.29, 1.82) is 0 Å². The number of imidazole rings is 1. The van der Waals surface area contributed by atoms with Gasteiger partial charge in [-0.05, 0) is 48.7 Å². The normalized spacial score (nSPS) is 15.3. The second kappa shape index (κ2) is 7.84. The van der Waals surface area contributed by atoms with Crippen molar-refractivity contribution in [3.8, 4) is 0 Å². The van der Waals surface area contributed by atoms with Gasteiger partial charge in [0.2, 0.25) is 0 Å². The maximum absolute atomic E-state index is 13.0. The number of amides is 1. The molecule has 6 nitrogen and oxygen atoms in total. The molecule has 0 spiro atoms. The van der Waals surface area contributed by atoms with Crippen LogP contribution in [0.4, 0.5) is 19.0 Å². The molecule has 1 amide bonds. The standard InChI is InChI=1S/C23H17ClF3N5O/c24-16-4-1-3-13(9-16)20(33)31-18-6-5-14(11-28-18)22(7-2-8-22)21-30-17-10-15(23(25,26)27)12-29-19(17)32-21/h1,3-6,9-12H,2,7-8H2,(H,28,31,33)(H,29,30,32). The van der Waals surface area contributed by atoms with Crippen LogP contribution in [0.3, 0.4) is 0 Å². The molecule has 0 saturated heterocycles. The van der Waals surface area contributed by atoms with Crippen LogP contribution in [0.25, 0.3) is 11.2 Å². The first-order valence-corrected chi connectivity index (χ1v) is 10.6. The van der Waals surface area contributed by atoms with Gasteiger partial charge in [0.15, 0.2) is 5.65 Å². The highest BCUT2D eigenvalue weighted by Gasteiger charge is 2.43. The quantitative estimate of drug-likeness (QED) is 0.397. The number of nitrogens with one attached hydrogen (secondary N) is 2. The minimum absolute atomic E-state index is 0.239. The summed E-state index contributed by atoms with van der Waals surface area (Å²) in [7, 11) is 0. The lowest BCUT2D eigenvalue weighted by atomic mass is 9.64. The zero-order valence-electron chi connectivity index (χ0n) is 17.1. The molecule has 1 aromatic carbocycles. The number of H-pyrrole nitrogens is 1. The van der Waals surface area contributed by atoms with Gasteiger partial charge >= 0.3 is 6.18 Å². The molecular weight excluding hydrogens is 455 g/mol. The van der Waals surface area contributed by atoms with Gasteiger partial charge in [-0.1, -0.05) is 30.2 Å². The lowest BCUT2D eigenvalue weighted by Crippen LogP contribution is -2.36. The molecule has 33 heavy (non-hydrogen) atoms. The van der Waals surface area contributed by atoms with Crippen molar-refractivity contribution in [3.05, 3.63) is 82.4 Å². The number of benzene rings is 1. The van der Waals surface area contributed by atoms with Crippen LogP contribution in [0.15, 0.2) is 54.9 Å². The Morgan fingerprint density at radius 3 is 2.55 bits per heavy atom. The van der Waals surface area contributed by atoms with Gasteiger partial charge in [0.05, 0.1) is 16.5 Å². The van der Waals surface area contributed by atoms with Crippen LogP contribution in [0.2, 0.25) is 5.02 Å². The molecule has 1 fully saturated rings. The lowest BCUT2D eigenvalue weighted by molar-refractivity contribution is -0.137. The highest BCUT2D eigenvalue weighted by molar-refractivity contribution is 6.31. The Hall–Kier alpha value is -3.46. The Morgan fingerprint density at radius 2 is 1.91 bits per heavy atom. The third kappa shape index (κ3) is 3.93. The number of carbonyl (C=O) groups excluding carboxylic acids is 1. The molecule has 0 bridgehead atoms. The van der Waals surface area contributed by atoms with Gasteiger partial charge in [-0.2, -0.15) is 13.2 Å². The lowest BCUT2D eigenvalue weighted by Gasteiger charge is -2.40. The number of fused-ring (bicyclic) bond motifs is 1. The Labute approximate surface area is 191 Å². The summed E-state index contributed by atoms with van der Waals surface area (Å²) in [5.41, 5.74) is 0.449.